The van der Waals surface area contributed by atoms with Gasteiger partial charge >= 0.3 is 0 Å². The molecule has 6 heteroatoms. The van der Waals surface area contributed by atoms with Gasteiger partial charge in [0.2, 0.25) is 17.6 Å². The van der Waals surface area contributed by atoms with E-state index in [0.717, 1.165) is 64.0 Å². The van der Waals surface area contributed by atoms with Gasteiger partial charge in [0.1, 0.15) is 0 Å². The fourth-order valence-electron chi connectivity index (χ4n) is 3.72. The van der Waals surface area contributed by atoms with Crippen LogP contribution in [0.3, 0.4) is 0 Å². The minimum atomic E-state index is 0.187. The predicted octanol–water partition coefficient (Wildman–Crippen LogP) is 3.56. The number of aromatic nitrogens is 2. The van der Waals surface area contributed by atoms with Crippen molar-refractivity contribution in [2.45, 2.75) is 46.5 Å². The van der Waals surface area contributed by atoms with E-state index in [9.17, 15) is 4.79 Å². The molecule has 1 saturated heterocycles. The summed E-state index contributed by atoms with van der Waals surface area (Å²) in [6, 6.07) is 8.15. The minimum Gasteiger partial charge on any atom is -0.340 e. The molecule has 0 radical (unpaired) electrons. The molecule has 3 rings (SSSR count). The molecule has 0 N–H and O–H groups in total. The third-order valence-electron chi connectivity index (χ3n) is 5.66. The lowest BCUT2D eigenvalue weighted by molar-refractivity contribution is -0.137. The van der Waals surface area contributed by atoms with Crippen molar-refractivity contribution in [3.05, 3.63) is 35.7 Å². The smallest absolute Gasteiger partial charge is 0.227 e. The summed E-state index contributed by atoms with van der Waals surface area (Å²) in [6.45, 7) is 10.8. The van der Waals surface area contributed by atoms with Gasteiger partial charge in [0.15, 0.2) is 0 Å². The van der Waals surface area contributed by atoms with Gasteiger partial charge in [-0.2, -0.15) is 4.98 Å². The van der Waals surface area contributed by atoms with E-state index in [4.69, 9.17) is 4.52 Å². The fourth-order valence-corrected chi connectivity index (χ4v) is 3.72. The van der Waals surface area contributed by atoms with Crippen LogP contribution in [0.25, 0.3) is 11.4 Å². The predicted molar refractivity (Wildman–Crippen MR) is 110 cm³/mol. The molecule has 0 bridgehead atoms. The molecule has 1 amide bonds. The van der Waals surface area contributed by atoms with Crippen LogP contribution >= 0.6 is 0 Å². The Bertz CT molecular complexity index is 744. The van der Waals surface area contributed by atoms with E-state index < -0.39 is 0 Å². The molecule has 6 nitrogen and oxygen atoms in total. The molecule has 0 saturated carbocycles. The van der Waals surface area contributed by atoms with E-state index >= 15 is 0 Å². The largest absolute Gasteiger partial charge is 0.340 e. The number of amides is 1. The van der Waals surface area contributed by atoms with Crippen molar-refractivity contribution in [2.75, 3.05) is 32.7 Å². The van der Waals surface area contributed by atoms with E-state index in [-0.39, 0.29) is 5.92 Å². The molecule has 1 aromatic heterocycles. The highest BCUT2D eigenvalue weighted by molar-refractivity contribution is 5.78. The molecule has 2 aromatic rings. The van der Waals surface area contributed by atoms with Crippen LogP contribution in [0.4, 0.5) is 0 Å². The van der Waals surface area contributed by atoms with Crippen molar-refractivity contribution in [3.8, 4) is 11.4 Å². The van der Waals surface area contributed by atoms with E-state index in [1.807, 2.05) is 17.0 Å². The summed E-state index contributed by atoms with van der Waals surface area (Å²) in [5.74, 6) is 1.87. The van der Waals surface area contributed by atoms with Gasteiger partial charge in [-0.3, -0.25) is 9.69 Å². The number of aryl methyl sites for hydroxylation is 2. The Balaban J connectivity index is 1.41. The maximum atomic E-state index is 12.5. The molecule has 1 aliphatic rings. The van der Waals surface area contributed by atoms with E-state index in [2.05, 4.69) is 47.9 Å². The highest BCUT2D eigenvalue weighted by Gasteiger charge is 2.25. The van der Waals surface area contributed by atoms with Gasteiger partial charge in [0.25, 0.3) is 0 Å². The molecule has 1 fully saturated rings. The zero-order valence-electron chi connectivity index (χ0n) is 17.4. The quantitative estimate of drug-likeness (QED) is 0.696. The zero-order chi connectivity index (χ0) is 19.9. The number of nitrogens with zero attached hydrogens (tertiary/aromatic N) is 4. The molecule has 2 heterocycles. The van der Waals surface area contributed by atoms with Crippen molar-refractivity contribution in [1.82, 2.24) is 19.9 Å². The Kier molecular flexibility index (Phi) is 7.20. The van der Waals surface area contributed by atoms with Crippen molar-refractivity contribution in [1.29, 1.82) is 0 Å². The monoisotopic (exact) mass is 384 g/mol. The summed E-state index contributed by atoms with van der Waals surface area (Å²) in [7, 11) is 0. The number of hydrogen-bond acceptors (Lipinski definition) is 5. The van der Waals surface area contributed by atoms with Gasteiger partial charge in [-0.25, -0.2) is 0 Å². The Morgan fingerprint density at radius 1 is 1.11 bits per heavy atom. The maximum absolute atomic E-state index is 12.5. The molecule has 0 unspecified atom stereocenters. The molecular weight excluding hydrogens is 352 g/mol. The van der Waals surface area contributed by atoms with E-state index in [1.54, 1.807) is 0 Å². The van der Waals surface area contributed by atoms with Crippen LogP contribution in [-0.4, -0.2) is 58.6 Å². The van der Waals surface area contributed by atoms with Gasteiger partial charge in [-0.15, -0.1) is 0 Å². The average Bonchev–Trinajstić information content (AvgIpc) is 3.19. The molecule has 0 atom stereocenters. The van der Waals surface area contributed by atoms with Crippen LogP contribution in [-0.2, 0) is 11.2 Å². The van der Waals surface area contributed by atoms with Crippen LogP contribution in [0.15, 0.2) is 28.8 Å². The van der Waals surface area contributed by atoms with Gasteiger partial charge < -0.3 is 9.42 Å². The number of hydrogen-bond donors (Lipinski definition) is 0. The lowest BCUT2D eigenvalue weighted by Crippen LogP contribution is -2.50. The molecular formula is C22H32N4O2. The van der Waals surface area contributed by atoms with Crippen molar-refractivity contribution in [2.24, 2.45) is 5.92 Å². The highest BCUT2D eigenvalue weighted by atomic mass is 16.5. The number of carbonyl (C=O) groups is 1. The second-order valence-corrected chi connectivity index (χ2v) is 7.66. The van der Waals surface area contributed by atoms with Crippen molar-refractivity contribution >= 4 is 5.91 Å². The lowest BCUT2D eigenvalue weighted by atomic mass is 10.0. The summed E-state index contributed by atoms with van der Waals surface area (Å²) in [5.41, 5.74) is 2.20. The molecule has 152 valence electrons. The van der Waals surface area contributed by atoms with E-state index in [1.165, 1.54) is 5.56 Å². The maximum Gasteiger partial charge on any atom is 0.227 e. The fraction of sp³-hybridized carbons (Fsp3) is 0.591. The Morgan fingerprint density at radius 2 is 1.79 bits per heavy atom. The summed E-state index contributed by atoms with van der Waals surface area (Å²) in [5, 5.41) is 4.10. The van der Waals surface area contributed by atoms with Crippen molar-refractivity contribution < 1.29 is 9.32 Å². The molecule has 28 heavy (non-hydrogen) atoms. The standard InChI is InChI=1S/C22H32N4O2/c1-4-18(5-2)22(27)26-15-13-25(14-16-26)12-6-7-20-23-21(24-28-20)19-10-8-17(3)9-11-19/h8-11,18H,4-7,12-16H2,1-3H3. The minimum absolute atomic E-state index is 0.187. The van der Waals surface area contributed by atoms with Crippen LogP contribution in [0, 0.1) is 12.8 Å². The number of benzene rings is 1. The first-order valence-electron chi connectivity index (χ1n) is 10.5. The third kappa shape index (κ3) is 5.19. The Labute approximate surface area is 167 Å². The first-order valence-corrected chi connectivity index (χ1v) is 10.5. The summed E-state index contributed by atoms with van der Waals surface area (Å²) < 4.78 is 5.41. The molecule has 1 aliphatic heterocycles. The first kappa shape index (κ1) is 20.5. The molecule has 0 aliphatic carbocycles. The first-order chi connectivity index (χ1) is 13.6. The van der Waals surface area contributed by atoms with Gasteiger partial charge in [0.05, 0.1) is 0 Å². The molecule has 1 aromatic carbocycles. The Hall–Kier alpha value is -2.21. The summed E-state index contributed by atoms with van der Waals surface area (Å²) in [4.78, 5) is 21.5. The normalized spacial score (nSPS) is 15.4. The summed E-state index contributed by atoms with van der Waals surface area (Å²) >= 11 is 0. The average molecular weight is 385 g/mol. The zero-order valence-corrected chi connectivity index (χ0v) is 17.4. The Morgan fingerprint density at radius 3 is 2.43 bits per heavy atom. The summed E-state index contributed by atoms with van der Waals surface area (Å²) in [6.07, 6.45) is 3.64. The van der Waals surface area contributed by atoms with Gasteiger partial charge in [-0.1, -0.05) is 48.8 Å². The second kappa shape index (κ2) is 9.82. The topological polar surface area (TPSA) is 62.5 Å². The van der Waals surface area contributed by atoms with Crippen LogP contribution in [0.5, 0.6) is 0 Å². The number of carbonyl (C=O) groups excluding carboxylic acids is 1. The van der Waals surface area contributed by atoms with Crippen LogP contribution in [0.1, 0.15) is 44.6 Å². The van der Waals surface area contributed by atoms with E-state index in [0.29, 0.717) is 17.6 Å². The highest BCUT2D eigenvalue weighted by Crippen LogP contribution is 2.17. The molecule has 0 spiro atoms. The van der Waals surface area contributed by atoms with Gasteiger partial charge in [-0.05, 0) is 32.7 Å². The second-order valence-electron chi connectivity index (χ2n) is 7.66. The number of rotatable bonds is 8. The van der Waals surface area contributed by atoms with Crippen LogP contribution in [0.2, 0.25) is 0 Å². The van der Waals surface area contributed by atoms with Crippen LogP contribution < -0.4 is 0 Å². The lowest BCUT2D eigenvalue weighted by Gasteiger charge is -2.36. The van der Waals surface area contributed by atoms with Gasteiger partial charge in [0, 0.05) is 44.1 Å². The number of piperazine rings is 1. The third-order valence-corrected chi connectivity index (χ3v) is 5.66. The SMILES string of the molecule is CCC(CC)C(=O)N1CCN(CCCc2nc(-c3ccc(C)cc3)no2)CC1. The van der Waals surface area contributed by atoms with Crippen molar-refractivity contribution in [3.63, 3.8) is 0 Å².